The van der Waals surface area contributed by atoms with E-state index in [2.05, 4.69) is 20.5 Å². The lowest BCUT2D eigenvalue weighted by atomic mass is 9.98. The van der Waals surface area contributed by atoms with E-state index in [-0.39, 0.29) is 12.0 Å². The number of rotatable bonds is 6. The molecule has 1 N–H and O–H groups in total. The van der Waals surface area contributed by atoms with Crippen LogP contribution in [0.4, 0.5) is 5.69 Å². The Morgan fingerprint density at radius 1 is 1.21 bits per heavy atom. The number of pyridine rings is 1. The van der Waals surface area contributed by atoms with Crippen LogP contribution in [0.2, 0.25) is 0 Å². The number of carbonyl (C=O) groups excluding carboxylic acids is 1. The van der Waals surface area contributed by atoms with E-state index in [0.717, 1.165) is 30.8 Å². The standard InChI is InChI=1S/C22H25N5O2/c1-2-27-15-24-26-21(27)16-7-6-8-18(13-16)25-22(28)17-11-12-23-20(14-17)29-19-9-4-3-5-10-19/h6-8,11-15,19H,2-5,9-10H2,1H3,(H,25,28). The van der Waals surface area contributed by atoms with Gasteiger partial charge in [-0.15, -0.1) is 10.2 Å². The number of ether oxygens (including phenoxy) is 1. The molecular weight excluding hydrogens is 366 g/mol. The van der Waals surface area contributed by atoms with Gasteiger partial charge < -0.3 is 14.6 Å². The van der Waals surface area contributed by atoms with Gasteiger partial charge in [0.2, 0.25) is 5.88 Å². The number of amides is 1. The maximum absolute atomic E-state index is 12.8. The van der Waals surface area contributed by atoms with E-state index in [4.69, 9.17) is 4.74 Å². The Morgan fingerprint density at radius 3 is 2.90 bits per heavy atom. The highest BCUT2D eigenvalue weighted by molar-refractivity contribution is 6.04. The van der Waals surface area contributed by atoms with Crippen LogP contribution < -0.4 is 10.1 Å². The van der Waals surface area contributed by atoms with Gasteiger partial charge in [0.1, 0.15) is 12.4 Å². The third kappa shape index (κ3) is 4.62. The molecule has 0 atom stereocenters. The summed E-state index contributed by atoms with van der Waals surface area (Å²) in [6.45, 7) is 2.81. The van der Waals surface area contributed by atoms with E-state index in [0.29, 0.717) is 17.1 Å². The minimum atomic E-state index is -0.199. The number of aromatic nitrogens is 4. The van der Waals surface area contributed by atoms with Gasteiger partial charge in [0.05, 0.1) is 0 Å². The monoisotopic (exact) mass is 391 g/mol. The van der Waals surface area contributed by atoms with Crippen molar-refractivity contribution in [3.63, 3.8) is 0 Å². The lowest BCUT2D eigenvalue weighted by molar-refractivity contribution is 0.102. The summed E-state index contributed by atoms with van der Waals surface area (Å²) in [5.74, 6) is 1.08. The SMILES string of the molecule is CCn1cnnc1-c1cccc(NC(=O)c2ccnc(OC3CCCCC3)c2)c1. The summed E-state index contributed by atoms with van der Waals surface area (Å²) in [6, 6.07) is 11.0. The highest BCUT2D eigenvalue weighted by Crippen LogP contribution is 2.24. The molecule has 1 fully saturated rings. The predicted molar refractivity (Wildman–Crippen MR) is 111 cm³/mol. The molecule has 1 aromatic carbocycles. The zero-order valence-corrected chi connectivity index (χ0v) is 16.5. The average molecular weight is 391 g/mol. The van der Waals surface area contributed by atoms with Crippen molar-refractivity contribution in [2.24, 2.45) is 0 Å². The molecule has 1 aliphatic carbocycles. The van der Waals surface area contributed by atoms with Crippen molar-refractivity contribution in [2.75, 3.05) is 5.32 Å². The summed E-state index contributed by atoms with van der Waals surface area (Å²) in [5.41, 5.74) is 2.12. The summed E-state index contributed by atoms with van der Waals surface area (Å²) < 4.78 is 7.94. The topological polar surface area (TPSA) is 81.9 Å². The zero-order chi connectivity index (χ0) is 20.1. The molecule has 4 rings (SSSR count). The lowest BCUT2D eigenvalue weighted by Gasteiger charge is -2.22. The van der Waals surface area contributed by atoms with E-state index in [1.54, 1.807) is 24.7 Å². The summed E-state index contributed by atoms with van der Waals surface area (Å²) in [6.07, 6.45) is 9.25. The van der Waals surface area contributed by atoms with Gasteiger partial charge in [0.25, 0.3) is 5.91 Å². The van der Waals surface area contributed by atoms with Crippen LogP contribution in [0.25, 0.3) is 11.4 Å². The Bertz CT molecular complexity index is 979. The second-order valence-corrected chi connectivity index (χ2v) is 7.24. The van der Waals surface area contributed by atoms with Crippen LogP contribution in [0.1, 0.15) is 49.4 Å². The van der Waals surface area contributed by atoms with Crippen LogP contribution in [0.15, 0.2) is 48.9 Å². The lowest BCUT2D eigenvalue weighted by Crippen LogP contribution is -2.20. The highest BCUT2D eigenvalue weighted by Gasteiger charge is 2.16. The summed E-state index contributed by atoms with van der Waals surface area (Å²) in [5, 5.41) is 11.1. The fourth-order valence-corrected chi connectivity index (χ4v) is 3.62. The molecule has 0 bridgehead atoms. The van der Waals surface area contributed by atoms with Crippen molar-refractivity contribution in [3.8, 4) is 17.3 Å². The molecule has 3 aromatic rings. The number of benzene rings is 1. The van der Waals surface area contributed by atoms with E-state index < -0.39 is 0 Å². The minimum Gasteiger partial charge on any atom is -0.474 e. The van der Waals surface area contributed by atoms with Crippen molar-refractivity contribution in [2.45, 2.75) is 51.7 Å². The maximum Gasteiger partial charge on any atom is 0.255 e. The van der Waals surface area contributed by atoms with Crippen molar-refractivity contribution < 1.29 is 9.53 Å². The van der Waals surface area contributed by atoms with Gasteiger partial charge in [-0.2, -0.15) is 0 Å². The predicted octanol–water partition coefficient (Wildman–Crippen LogP) is 4.32. The molecule has 1 amide bonds. The second kappa shape index (κ2) is 8.86. The molecule has 1 saturated carbocycles. The molecule has 2 heterocycles. The Balaban J connectivity index is 1.47. The van der Waals surface area contributed by atoms with E-state index in [9.17, 15) is 4.79 Å². The van der Waals surface area contributed by atoms with Gasteiger partial charge in [0.15, 0.2) is 5.82 Å². The van der Waals surface area contributed by atoms with Crippen LogP contribution in [0.3, 0.4) is 0 Å². The molecule has 0 unspecified atom stereocenters. The molecule has 0 radical (unpaired) electrons. The van der Waals surface area contributed by atoms with Gasteiger partial charge in [-0.05, 0) is 50.8 Å². The molecule has 2 aromatic heterocycles. The molecule has 1 aliphatic rings. The summed E-state index contributed by atoms with van der Waals surface area (Å²) >= 11 is 0. The van der Waals surface area contributed by atoms with Crippen LogP contribution >= 0.6 is 0 Å². The van der Waals surface area contributed by atoms with Gasteiger partial charge in [-0.25, -0.2) is 4.98 Å². The number of hydrogen-bond acceptors (Lipinski definition) is 5. The Hall–Kier alpha value is -3.22. The Kier molecular flexibility index (Phi) is 5.84. The van der Waals surface area contributed by atoms with Crippen LogP contribution in [-0.4, -0.2) is 31.8 Å². The molecule has 7 nitrogen and oxygen atoms in total. The quantitative estimate of drug-likeness (QED) is 0.676. The summed E-state index contributed by atoms with van der Waals surface area (Å²) in [4.78, 5) is 17.0. The largest absolute Gasteiger partial charge is 0.474 e. The highest BCUT2D eigenvalue weighted by atomic mass is 16.5. The third-order valence-corrected chi connectivity index (χ3v) is 5.17. The van der Waals surface area contributed by atoms with Crippen LogP contribution in [0.5, 0.6) is 5.88 Å². The fourth-order valence-electron chi connectivity index (χ4n) is 3.62. The molecule has 0 spiro atoms. The molecule has 29 heavy (non-hydrogen) atoms. The first-order chi connectivity index (χ1) is 14.2. The molecule has 150 valence electrons. The molecule has 0 aliphatic heterocycles. The minimum absolute atomic E-state index is 0.196. The molecular formula is C22H25N5O2. The first kappa shape index (κ1) is 19.1. The van der Waals surface area contributed by atoms with Crippen molar-refractivity contribution in [1.29, 1.82) is 0 Å². The number of aryl methyl sites for hydroxylation is 1. The van der Waals surface area contributed by atoms with Crippen molar-refractivity contribution >= 4 is 11.6 Å². The third-order valence-electron chi connectivity index (χ3n) is 5.17. The van der Waals surface area contributed by atoms with E-state index >= 15 is 0 Å². The Morgan fingerprint density at radius 2 is 2.07 bits per heavy atom. The van der Waals surface area contributed by atoms with E-state index in [1.165, 1.54) is 19.3 Å². The van der Waals surface area contributed by atoms with Gasteiger partial charge in [0, 0.05) is 35.6 Å². The fraction of sp³-hybridized carbons (Fsp3) is 0.364. The van der Waals surface area contributed by atoms with Gasteiger partial charge in [-0.3, -0.25) is 4.79 Å². The molecule has 7 heteroatoms. The normalized spacial score (nSPS) is 14.5. The van der Waals surface area contributed by atoms with Crippen LogP contribution in [-0.2, 0) is 6.54 Å². The van der Waals surface area contributed by atoms with Crippen molar-refractivity contribution in [1.82, 2.24) is 19.7 Å². The first-order valence-electron chi connectivity index (χ1n) is 10.1. The number of anilines is 1. The molecule has 0 saturated heterocycles. The number of hydrogen-bond donors (Lipinski definition) is 1. The smallest absolute Gasteiger partial charge is 0.255 e. The Labute approximate surface area is 170 Å². The van der Waals surface area contributed by atoms with Crippen LogP contribution in [0, 0.1) is 0 Å². The van der Waals surface area contributed by atoms with Crippen molar-refractivity contribution in [3.05, 3.63) is 54.5 Å². The maximum atomic E-state index is 12.8. The second-order valence-electron chi connectivity index (χ2n) is 7.24. The summed E-state index contributed by atoms with van der Waals surface area (Å²) in [7, 11) is 0. The number of nitrogens with one attached hydrogen (secondary N) is 1. The number of carbonyl (C=O) groups is 1. The number of nitrogens with zero attached hydrogens (tertiary/aromatic N) is 4. The van der Waals surface area contributed by atoms with Gasteiger partial charge in [-0.1, -0.05) is 18.6 Å². The van der Waals surface area contributed by atoms with Gasteiger partial charge >= 0.3 is 0 Å². The zero-order valence-electron chi connectivity index (χ0n) is 16.5. The first-order valence-corrected chi connectivity index (χ1v) is 10.1. The average Bonchev–Trinajstić information content (AvgIpc) is 3.24. The van der Waals surface area contributed by atoms with E-state index in [1.807, 2.05) is 35.8 Å².